The number of rotatable bonds is 3. The average molecular weight is 257 g/mol. The lowest BCUT2D eigenvalue weighted by Crippen LogP contribution is -2.35. The summed E-state index contributed by atoms with van der Waals surface area (Å²) in [5.41, 5.74) is 4.83. The van der Waals surface area contributed by atoms with Crippen molar-refractivity contribution in [1.82, 2.24) is 15.1 Å². The van der Waals surface area contributed by atoms with Gasteiger partial charge in [0.15, 0.2) is 0 Å². The van der Waals surface area contributed by atoms with Gasteiger partial charge >= 0.3 is 0 Å². The van der Waals surface area contributed by atoms with Crippen molar-refractivity contribution in [3.05, 3.63) is 47.3 Å². The second-order valence-corrected chi connectivity index (χ2v) is 6.00. The zero-order valence-electron chi connectivity index (χ0n) is 12.5. The van der Waals surface area contributed by atoms with Gasteiger partial charge in [-0.2, -0.15) is 5.10 Å². The summed E-state index contributed by atoms with van der Waals surface area (Å²) in [5.74, 6) is 0. The number of benzene rings is 1. The molecule has 102 valence electrons. The van der Waals surface area contributed by atoms with Crippen LogP contribution < -0.4 is 5.32 Å². The smallest absolute Gasteiger partial charge is 0.0648 e. The predicted molar refractivity (Wildman–Crippen MR) is 79.6 cm³/mol. The molecule has 1 N–H and O–H groups in total. The average Bonchev–Trinajstić information content (AvgIpc) is 2.63. The van der Waals surface area contributed by atoms with Crippen LogP contribution in [0.4, 0.5) is 0 Å². The Hall–Kier alpha value is -1.61. The molecule has 0 saturated carbocycles. The summed E-state index contributed by atoms with van der Waals surface area (Å²) in [7, 11) is 0. The first-order valence-corrected chi connectivity index (χ1v) is 6.74. The normalized spacial score (nSPS) is 11.8. The van der Waals surface area contributed by atoms with Gasteiger partial charge in [-0.3, -0.25) is 0 Å². The molecule has 3 nitrogen and oxygen atoms in total. The highest BCUT2D eigenvalue weighted by Crippen LogP contribution is 2.18. The van der Waals surface area contributed by atoms with E-state index in [-0.39, 0.29) is 5.54 Å². The fraction of sp³-hybridized carbons (Fsp3) is 0.438. The summed E-state index contributed by atoms with van der Waals surface area (Å²) in [5, 5.41) is 8.19. The number of hydrogen-bond acceptors (Lipinski definition) is 2. The molecule has 0 atom stereocenters. The van der Waals surface area contributed by atoms with Crippen molar-refractivity contribution in [1.29, 1.82) is 0 Å². The molecule has 0 unspecified atom stereocenters. The van der Waals surface area contributed by atoms with E-state index in [9.17, 15) is 0 Å². The van der Waals surface area contributed by atoms with Crippen molar-refractivity contribution < 1.29 is 0 Å². The molecule has 2 aromatic rings. The van der Waals surface area contributed by atoms with Crippen LogP contribution in [0.1, 0.15) is 37.7 Å². The molecule has 1 aromatic heterocycles. The minimum atomic E-state index is 0.119. The molecular weight excluding hydrogens is 234 g/mol. The number of para-hydroxylation sites is 1. The van der Waals surface area contributed by atoms with Gasteiger partial charge in [0.1, 0.15) is 0 Å². The van der Waals surface area contributed by atoms with E-state index in [0.29, 0.717) is 0 Å². The second kappa shape index (κ2) is 5.17. The number of nitrogens with one attached hydrogen (secondary N) is 1. The Morgan fingerprint density at radius 1 is 1.11 bits per heavy atom. The topological polar surface area (TPSA) is 29.9 Å². The minimum Gasteiger partial charge on any atom is -0.308 e. The van der Waals surface area contributed by atoms with E-state index < -0.39 is 0 Å². The van der Waals surface area contributed by atoms with Crippen LogP contribution in [-0.4, -0.2) is 15.3 Å². The minimum absolute atomic E-state index is 0.119. The highest BCUT2D eigenvalue weighted by molar-refractivity contribution is 5.36. The lowest BCUT2D eigenvalue weighted by Gasteiger charge is -2.20. The van der Waals surface area contributed by atoms with E-state index in [1.807, 2.05) is 22.9 Å². The Morgan fingerprint density at radius 3 is 2.32 bits per heavy atom. The van der Waals surface area contributed by atoms with Crippen LogP contribution in [0.5, 0.6) is 0 Å². The van der Waals surface area contributed by atoms with Crippen LogP contribution in [0.15, 0.2) is 30.3 Å². The number of nitrogens with zero attached hydrogens (tertiary/aromatic N) is 2. The van der Waals surface area contributed by atoms with Crippen LogP contribution in [-0.2, 0) is 6.54 Å². The summed E-state index contributed by atoms with van der Waals surface area (Å²) < 4.78 is 2.02. The molecule has 0 aliphatic heterocycles. The van der Waals surface area contributed by atoms with E-state index in [2.05, 4.69) is 57.2 Å². The van der Waals surface area contributed by atoms with E-state index in [1.165, 1.54) is 11.3 Å². The highest BCUT2D eigenvalue weighted by Gasteiger charge is 2.15. The van der Waals surface area contributed by atoms with Gasteiger partial charge in [-0.15, -0.1) is 0 Å². The molecule has 1 aromatic carbocycles. The monoisotopic (exact) mass is 257 g/mol. The lowest BCUT2D eigenvalue weighted by molar-refractivity contribution is 0.423. The molecule has 0 bridgehead atoms. The number of hydrogen-bond donors (Lipinski definition) is 1. The van der Waals surface area contributed by atoms with Crippen LogP contribution in [0.3, 0.4) is 0 Å². The molecule has 0 amide bonds. The molecule has 0 aliphatic rings. The molecule has 2 rings (SSSR count). The first-order valence-electron chi connectivity index (χ1n) is 6.74. The van der Waals surface area contributed by atoms with Gasteiger partial charge in [-0.25, -0.2) is 4.68 Å². The maximum absolute atomic E-state index is 4.66. The van der Waals surface area contributed by atoms with Crippen molar-refractivity contribution >= 4 is 0 Å². The Morgan fingerprint density at radius 2 is 1.74 bits per heavy atom. The van der Waals surface area contributed by atoms with Crippen molar-refractivity contribution in [3.63, 3.8) is 0 Å². The predicted octanol–water partition coefficient (Wildman–Crippen LogP) is 3.38. The molecule has 0 spiro atoms. The number of aromatic nitrogens is 2. The number of aryl methyl sites for hydroxylation is 1. The molecule has 1 heterocycles. The molecule has 19 heavy (non-hydrogen) atoms. The van der Waals surface area contributed by atoms with Gasteiger partial charge in [0.05, 0.1) is 11.4 Å². The molecule has 0 aliphatic carbocycles. The van der Waals surface area contributed by atoms with E-state index >= 15 is 0 Å². The third-order valence-corrected chi connectivity index (χ3v) is 3.24. The summed E-state index contributed by atoms with van der Waals surface area (Å²) in [6.45, 7) is 11.6. The van der Waals surface area contributed by atoms with Crippen molar-refractivity contribution in [2.45, 2.75) is 46.7 Å². The molecule has 0 fully saturated rings. The van der Waals surface area contributed by atoms with Gasteiger partial charge in [-0.05, 0) is 46.8 Å². The second-order valence-electron chi connectivity index (χ2n) is 6.00. The third-order valence-electron chi connectivity index (χ3n) is 3.24. The van der Waals surface area contributed by atoms with E-state index in [0.717, 1.165) is 17.9 Å². The van der Waals surface area contributed by atoms with Gasteiger partial charge in [-0.1, -0.05) is 18.2 Å². The zero-order valence-corrected chi connectivity index (χ0v) is 12.5. The third kappa shape index (κ3) is 3.24. The lowest BCUT2D eigenvalue weighted by atomic mass is 10.1. The van der Waals surface area contributed by atoms with Crippen molar-refractivity contribution in [3.8, 4) is 5.69 Å². The van der Waals surface area contributed by atoms with Crippen molar-refractivity contribution in [2.24, 2.45) is 0 Å². The summed E-state index contributed by atoms with van der Waals surface area (Å²) in [6, 6.07) is 10.3. The molecule has 0 saturated heterocycles. The largest absolute Gasteiger partial charge is 0.308 e. The SMILES string of the molecule is Cc1nn(-c2ccccc2)c(C)c1CNC(C)(C)C. The summed E-state index contributed by atoms with van der Waals surface area (Å²) in [6.07, 6.45) is 0. The van der Waals surface area contributed by atoms with Crippen LogP contribution in [0.2, 0.25) is 0 Å². The summed E-state index contributed by atoms with van der Waals surface area (Å²) >= 11 is 0. The van der Waals surface area contributed by atoms with Crippen LogP contribution in [0, 0.1) is 13.8 Å². The van der Waals surface area contributed by atoms with Gasteiger partial charge in [0.2, 0.25) is 0 Å². The summed E-state index contributed by atoms with van der Waals surface area (Å²) in [4.78, 5) is 0. The highest BCUT2D eigenvalue weighted by atomic mass is 15.3. The Kier molecular flexibility index (Phi) is 3.76. The van der Waals surface area contributed by atoms with Gasteiger partial charge in [0.25, 0.3) is 0 Å². The maximum atomic E-state index is 4.66. The first-order chi connectivity index (χ1) is 8.88. The molecule has 0 radical (unpaired) electrons. The van der Waals surface area contributed by atoms with E-state index in [4.69, 9.17) is 0 Å². The maximum Gasteiger partial charge on any atom is 0.0648 e. The first kappa shape index (κ1) is 13.8. The Labute approximate surface area is 115 Å². The molecular formula is C16H23N3. The fourth-order valence-corrected chi connectivity index (χ4v) is 2.10. The Balaban J connectivity index is 2.30. The van der Waals surface area contributed by atoms with Crippen molar-refractivity contribution in [2.75, 3.05) is 0 Å². The van der Waals surface area contributed by atoms with E-state index in [1.54, 1.807) is 0 Å². The quantitative estimate of drug-likeness (QED) is 0.913. The van der Waals surface area contributed by atoms with Crippen LogP contribution >= 0.6 is 0 Å². The van der Waals surface area contributed by atoms with Crippen LogP contribution in [0.25, 0.3) is 5.69 Å². The molecule has 3 heteroatoms. The van der Waals surface area contributed by atoms with Gasteiger partial charge in [0, 0.05) is 23.3 Å². The standard InChI is InChI=1S/C16H23N3/c1-12-15(11-17-16(3,4)5)13(2)19(18-12)14-9-7-6-8-10-14/h6-10,17H,11H2,1-5H3. The van der Waals surface area contributed by atoms with Gasteiger partial charge < -0.3 is 5.32 Å². The Bertz CT molecular complexity index is 547. The zero-order chi connectivity index (χ0) is 14.0. The fourth-order valence-electron chi connectivity index (χ4n) is 2.10.